The van der Waals surface area contributed by atoms with Crippen molar-refractivity contribution in [1.82, 2.24) is 10.3 Å². The Kier molecular flexibility index (Phi) is 4.53. The maximum Gasteiger partial charge on any atom is 0.226 e. The number of nitrogens with zero attached hydrogens (tertiary/aromatic N) is 1. The summed E-state index contributed by atoms with van der Waals surface area (Å²) in [5.41, 5.74) is 1.60. The molecule has 1 fully saturated rings. The minimum atomic E-state index is -0.0495. The first kappa shape index (κ1) is 14.8. The van der Waals surface area contributed by atoms with Crippen molar-refractivity contribution in [2.24, 2.45) is 0 Å². The lowest BCUT2D eigenvalue weighted by Crippen LogP contribution is -2.32. The molecule has 1 saturated heterocycles. The zero-order valence-electron chi connectivity index (χ0n) is 12.7. The Morgan fingerprint density at radius 1 is 1.36 bits per heavy atom. The quantitative estimate of drug-likeness (QED) is 0.921. The smallest absolute Gasteiger partial charge is 0.226 e. The molecule has 0 bridgehead atoms. The van der Waals surface area contributed by atoms with Crippen molar-refractivity contribution in [1.29, 1.82) is 0 Å². The van der Waals surface area contributed by atoms with Crippen molar-refractivity contribution in [3.05, 3.63) is 41.8 Å². The van der Waals surface area contributed by atoms with E-state index < -0.39 is 0 Å². The summed E-state index contributed by atoms with van der Waals surface area (Å²) >= 11 is 0. The van der Waals surface area contributed by atoms with Gasteiger partial charge in [-0.3, -0.25) is 4.79 Å². The SMILES string of the molecule is Cc1oc(-c2ccccc2)nc1CC(=O)NCC1CCCO1. The van der Waals surface area contributed by atoms with Crippen molar-refractivity contribution in [3.63, 3.8) is 0 Å². The van der Waals surface area contributed by atoms with Crippen LogP contribution in [-0.2, 0) is 16.0 Å². The van der Waals surface area contributed by atoms with Crippen molar-refractivity contribution < 1.29 is 13.9 Å². The second kappa shape index (κ2) is 6.75. The molecular formula is C17H20N2O3. The molecule has 0 saturated carbocycles. The number of hydrogen-bond acceptors (Lipinski definition) is 4. The minimum Gasteiger partial charge on any atom is -0.441 e. The number of aryl methyl sites for hydroxylation is 1. The Balaban J connectivity index is 1.60. The van der Waals surface area contributed by atoms with Gasteiger partial charge < -0.3 is 14.5 Å². The van der Waals surface area contributed by atoms with E-state index in [2.05, 4.69) is 10.3 Å². The van der Waals surface area contributed by atoms with Crippen LogP contribution in [0.5, 0.6) is 0 Å². The maximum atomic E-state index is 12.0. The van der Waals surface area contributed by atoms with Gasteiger partial charge in [0.2, 0.25) is 11.8 Å². The molecule has 1 aliphatic heterocycles. The summed E-state index contributed by atoms with van der Waals surface area (Å²) in [5, 5.41) is 2.90. The molecule has 1 aromatic carbocycles. The topological polar surface area (TPSA) is 64.4 Å². The molecule has 3 rings (SSSR count). The summed E-state index contributed by atoms with van der Waals surface area (Å²) in [6.07, 6.45) is 2.47. The number of benzene rings is 1. The molecule has 22 heavy (non-hydrogen) atoms. The predicted molar refractivity (Wildman–Crippen MR) is 82.4 cm³/mol. The average Bonchev–Trinajstić information content (AvgIpc) is 3.17. The van der Waals surface area contributed by atoms with Crippen LogP contribution in [0.2, 0.25) is 0 Å². The van der Waals surface area contributed by atoms with Crippen molar-refractivity contribution in [2.75, 3.05) is 13.2 Å². The molecule has 1 atom stereocenters. The van der Waals surface area contributed by atoms with Crippen LogP contribution in [0.3, 0.4) is 0 Å². The number of carbonyl (C=O) groups excluding carboxylic acids is 1. The van der Waals surface area contributed by atoms with Crippen LogP contribution in [0, 0.1) is 6.92 Å². The maximum absolute atomic E-state index is 12.0. The summed E-state index contributed by atoms with van der Waals surface area (Å²) < 4.78 is 11.2. The molecular weight excluding hydrogens is 280 g/mol. The van der Waals surface area contributed by atoms with Crippen molar-refractivity contribution in [3.8, 4) is 11.5 Å². The van der Waals surface area contributed by atoms with Crippen LogP contribution in [0.25, 0.3) is 11.5 Å². The third-order valence-corrected chi connectivity index (χ3v) is 3.79. The van der Waals surface area contributed by atoms with E-state index in [4.69, 9.17) is 9.15 Å². The molecule has 1 unspecified atom stereocenters. The van der Waals surface area contributed by atoms with E-state index in [1.54, 1.807) is 0 Å². The molecule has 5 heteroatoms. The monoisotopic (exact) mass is 300 g/mol. The molecule has 1 N–H and O–H groups in total. The molecule has 2 heterocycles. The number of oxazole rings is 1. The number of nitrogens with one attached hydrogen (secondary N) is 1. The number of ether oxygens (including phenoxy) is 1. The van der Waals surface area contributed by atoms with E-state index in [1.165, 1.54) is 0 Å². The van der Waals surface area contributed by atoms with Crippen LogP contribution in [0.1, 0.15) is 24.3 Å². The van der Waals surface area contributed by atoms with E-state index in [-0.39, 0.29) is 18.4 Å². The fourth-order valence-electron chi connectivity index (χ4n) is 2.54. The van der Waals surface area contributed by atoms with Gasteiger partial charge in [0.25, 0.3) is 0 Å². The second-order valence-corrected chi connectivity index (χ2v) is 5.50. The van der Waals surface area contributed by atoms with Gasteiger partial charge in [-0.15, -0.1) is 0 Å². The molecule has 1 amide bonds. The normalized spacial score (nSPS) is 17.6. The van der Waals surface area contributed by atoms with Crippen molar-refractivity contribution in [2.45, 2.75) is 32.3 Å². The highest BCUT2D eigenvalue weighted by Crippen LogP contribution is 2.21. The summed E-state index contributed by atoms with van der Waals surface area (Å²) in [5.74, 6) is 1.19. The first-order valence-corrected chi connectivity index (χ1v) is 7.62. The molecule has 0 radical (unpaired) electrons. The zero-order chi connectivity index (χ0) is 15.4. The van der Waals surface area contributed by atoms with E-state index >= 15 is 0 Å². The Labute approximate surface area is 129 Å². The van der Waals surface area contributed by atoms with Gasteiger partial charge in [0.15, 0.2) is 0 Å². The van der Waals surface area contributed by atoms with Crippen LogP contribution >= 0.6 is 0 Å². The van der Waals surface area contributed by atoms with Crippen LogP contribution < -0.4 is 5.32 Å². The molecule has 2 aromatic rings. The Morgan fingerprint density at radius 2 is 2.18 bits per heavy atom. The first-order valence-electron chi connectivity index (χ1n) is 7.62. The van der Waals surface area contributed by atoms with Gasteiger partial charge in [0, 0.05) is 18.7 Å². The number of aromatic nitrogens is 1. The molecule has 116 valence electrons. The first-order chi connectivity index (χ1) is 10.7. The predicted octanol–water partition coefficient (Wildman–Crippen LogP) is 2.49. The number of rotatable bonds is 5. The van der Waals surface area contributed by atoms with Gasteiger partial charge >= 0.3 is 0 Å². The van der Waals surface area contributed by atoms with Gasteiger partial charge in [-0.1, -0.05) is 18.2 Å². The highest BCUT2D eigenvalue weighted by atomic mass is 16.5. The third-order valence-electron chi connectivity index (χ3n) is 3.79. The van der Waals surface area contributed by atoms with Gasteiger partial charge in [-0.2, -0.15) is 0 Å². The van der Waals surface area contributed by atoms with Gasteiger partial charge in [-0.25, -0.2) is 4.98 Å². The fraction of sp³-hybridized carbons (Fsp3) is 0.412. The van der Waals surface area contributed by atoms with Gasteiger partial charge in [-0.05, 0) is 31.9 Å². The largest absolute Gasteiger partial charge is 0.441 e. The minimum absolute atomic E-state index is 0.0495. The summed E-state index contributed by atoms with van der Waals surface area (Å²) in [6.45, 7) is 3.20. The lowest BCUT2D eigenvalue weighted by molar-refractivity contribution is -0.121. The lowest BCUT2D eigenvalue weighted by Gasteiger charge is -2.10. The van der Waals surface area contributed by atoms with Crippen LogP contribution in [0.4, 0.5) is 0 Å². The van der Waals surface area contributed by atoms with Gasteiger partial charge in [0.05, 0.1) is 18.2 Å². The average molecular weight is 300 g/mol. The van der Waals surface area contributed by atoms with E-state index in [0.29, 0.717) is 23.9 Å². The summed E-state index contributed by atoms with van der Waals surface area (Å²) in [7, 11) is 0. The van der Waals surface area contributed by atoms with E-state index in [0.717, 1.165) is 25.0 Å². The Hall–Kier alpha value is -2.14. The Morgan fingerprint density at radius 3 is 2.91 bits per heavy atom. The number of amides is 1. The zero-order valence-corrected chi connectivity index (χ0v) is 12.7. The van der Waals surface area contributed by atoms with Crippen molar-refractivity contribution >= 4 is 5.91 Å². The van der Waals surface area contributed by atoms with Crippen LogP contribution in [0.15, 0.2) is 34.7 Å². The lowest BCUT2D eigenvalue weighted by atomic mass is 10.2. The standard InChI is InChI=1S/C17H20N2O3/c1-12-15(10-16(20)18-11-14-8-5-9-21-14)19-17(22-12)13-6-3-2-4-7-13/h2-4,6-7,14H,5,8-11H2,1H3,(H,18,20). The molecule has 5 nitrogen and oxygen atoms in total. The van der Waals surface area contributed by atoms with E-state index in [9.17, 15) is 4.79 Å². The number of hydrogen-bond donors (Lipinski definition) is 1. The highest BCUT2D eigenvalue weighted by Gasteiger charge is 2.18. The fourth-order valence-corrected chi connectivity index (χ4v) is 2.54. The molecule has 0 aliphatic carbocycles. The molecule has 1 aliphatic rings. The van der Waals surface area contributed by atoms with Crippen LogP contribution in [-0.4, -0.2) is 30.1 Å². The second-order valence-electron chi connectivity index (χ2n) is 5.50. The molecule has 1 aromatic heterocycles. The van der Waals surface area contributed by atoms with E-state index in [1.807, 2.05) is 37.3 Å². The number of carbonyl (C=O) groups is 1. The third kappa shape index (κ3) is 3.54. The highest BCUT2D eigenvalue weighted by molar-refractivity contribution is 5.78. The summed E-state index contributed by atoms with van der Waals surface area (Å²) in [4.78, 5) is 16.5. The Bertz CT molecular complexity index is 631. The van der Waals surface area contributed by atoms with Gasteiger partial charge in [0.1, 0.15) is 5.76 Å². The summed E-state index contributed by atoms with van der Waals surface area (Å²) in [6, 6.07) is 9.68. The molecule has 0 spiro atoms.